The number of fused-ring (bicyclic) bond motifs is 1. The van der Waals surface area contributed by atoms with Crippen LogP contribution in [0.1, 0.15) is 23.7 Å². The number of aromatic carboxylic acids is 1. The van der Waals surface area contributed by atoms with Gasteiger partial charge in [-0.3, -0.25) is 0 Å². The van der Waals surface area contributed by atoms with Gasteiger partial charge in [0, 0.05) is 12.1 Å². The topological polar surface area (TPSA) is 55.1 Å². The van der Waals surface area contributed by atoms with Crippen LogP contribution in [0.15, 0.2) is 48.5 Å². The van der Waals surface area contributed by atoms with E-state index in [1.165, 1.54) is 0 Å². The molecular formula is C17H16N2O2. The summed E-state index contributed by atoms with van der Waals surface area (Å²) >= 11 is 0. The standard InChI is InChI=1S/C17H16N2O2/c1-2-11-19-15-10-6-5-9-14(15)18-16(19)12-7-3-4-8-13(12)17(20)21/h3-10H,2,11H2,1H3,(H,20,21). The summed E-state index contributed by atoms with van der Waals surface area (Å²) < 4.78 is 2.09. The maximum atomic E-state index is 11.4. The maximum absolute atomic E-state index is 11.4. The van der Waals surface area contributed by atoms with Gasteiger partial charge in [0.1, 0.15) is 5.82 Å². The van der Waals surface area contributed by atoms with Crippen LogP contribution in [0.25, 0.3) is 22.4 Å². The fraction of sp³-hybridized carbons (Fsp3) is 0.176. The summed E-state index contributed by atoms with van der Waals surface area (Å²) in [4.78, 5) is 16.1. The van der Waals surface area contributed by atoms with Crippen LogP contribution < -0.4 is 0 Å². The number of aryl methyl sites for hydroxylation is 1. The summed E-state index contributed by atoms with van der Waals surface area (Å²) in [6.07, 6.45) is 0.961. The molecule has 21 heavy (non-hydrogen) atoms. The third-order valence-corrected chi connectivity index (χ3v) is 3.50. The van der Waals surface area contributed by atoms with Gasteiger partial charge >= 0.3 is 5.97 Å². The van der Waals surface area contributed by atoms with Gasteiger partial charge in [-0.05, 0) is 24.6 Å². The minimum atomic E-state index is -0.930. The number of nitrogens with zero attached hydrogens (tertiary/aromatic N) is 2. The fourth-order valence-corrected chi connectivity index (χ4v) is 2.60. The molecule has 0 saturated carbocycles. The number of rotatable bonds is 4. The van der Waals surface area contributed by atoms with E-state index in [-0.39, 0.29) is 5.56 Å². The second-order valence-corrected chi connectivity index (χ2v) is 4.93. The number of benzene rings is 2. The van der Waals surface area contributed by atoms with Crippen molar-refractivity contribution >= 4 is 17.0 Å². The second kappa shape index (κ2) is 5.40. The molecule has 106 valence electrons. The van der Waals surface area contributed by atoms with E-state index < -0.39 is 5.97 Å². The van der Waals surface area contributed by atoms with Gasteiger partial charge in [-0.15, -0.1) is 0 Å². The van der Waals surface area contributed by atoms with Gasteiger partial charge in [-0.1, -0.05) is 37.3 Å². The van der Waals surface area contributed by atoms with Crippen molar-refractivity contribution in [3.05, 3.63) is 54.1 Å². The zero-order valence-corrected chi connectivity index (χ0v) is 11.8. The van der Waals surface area contributed by atoms with Crippen LogP contribution in [-0.2, 0) is 6.54 Å². The molecule has 3 rings (SSSR count). The first kappa shape index (κ1) is 13.4. The van der Waals surface area contributed by atoms with Crippen LogP contribution in [0.5, 0.6) is 0 Å². The van der Waals surface area contributed by atoms with Crippen molar-refractivity contribution in [1.29, 1.82) is 0 Å². The molecule has 0 unspecified atom stereocenters. The minimum absolute atomic E-state index is 0.283. The van der Waals surface area contributed by atoms with Crippen LogP contribution >= 0.6 is 0 Å². The zero-order chi connectivity index (χ0) is 14.8. The highest BCUT2D eigenvalue weighted by Gasteiger charge is 2.17. The molecule has 0 saturated heterocycles. The third-order valence-electron chi connectivity index (χ3n) is 3.50. The summed E-state index contributed by atoms with van der Waals surface area (Å²) in [5, 5.41) is 9.39. The summed E-state index contributed by atoms with van der Waals surface area (Å²) in [6.45, 7) is 2.91. The Bertz CT molecular complexity index is 805. The number of carboxylic acids is 1. The lowest BCUT2D eigenvalue weighted by Crippen LogP contribution is -2.04. The third kappa shape index (κ3) is 2.29. The predicted molar refractivity (Wildman–Crippen MR) is 82.4 cm³/mol. The van der Waals surface area contributed by atoms with Crippen LogP contribution in [-0.4, -0.2) is 20.6 Å². The predicted octanol–water partition coefficient (Wildman–Crippen LogP) is 3.81. The lowest BCUT2D eigenvalue weighted by molar-refractivity contribution is 0.0697. The molecule has 0 atom stereocenters. The van der Waals surface area contributed by atoms with Crippen LogP contribution in [0.2, 0.25) is 0 Å². The number of para-hydroxylation sites is 2. The molecule has 0 aliphatic rings. The Hall–Kier alpha value is -2.62. The number of carbonyl (C=O) groups is 1. The van der Waals surface area contributed by atoms with Gasteiger partial charge in [0.15, 0.2) is 0 Å². The molecule has 0 aliphatic heterocycles. The number of imidazole rings is 1. The number of carboxylic acid groups (broad SMARTS) is 1. The molecule has 1 heterocycles. The Morgan fingerprint density at radius 1 is 1.14 bits per heavy atom. The first-order chi connectivity index (χ1) is 10.2. The van der Waals surface area contributed by atoms with E-state index in [0.29, 0.717) is 5.56 Å². The monoisotopic (exact) mass is 280 g/mol. The number of hydrogen-bond donors (Lipinski definition) is 1. The number of aromatic nitrogens is 2. The molecule has 0 radical (unpaired) electrons. The molecule has 1 aromatic heterocycles. The van der Waals surface area contributed by atoms with E-state index >= 15 is 0 Å². The summed E-state index contributed by atoms with van der Waals surface area (Å²) in [5.41, 5.74) is 2.87. The van der Waals surface area contributed by atoms with Crippen LogP contribution in [0.3, 0.4) is 0 Å². The Labute approximate surface area is 122 Å². The smallest absolute Gasteiger partial charge is 0.336 e. The van der Waals surface area contributed by atoms with Gasteiger partial charge in [0.05, 0.1) is 16.6 Å². The molecule has 0 bridgehead atoms. The van der Waals surface area contributed by atoms with E-state index in [9.17, 15) is 9.90 Å². The first-order valence-corrected chi connectivity index (χ1v) is 7.00. The molecule has 0 spiro atoms. The lowest BCUT2D eigenvalue weighted by atomic mass is 10.1. The van der Waals surface area contributed by atoms with Crippen LogP contribution in [0.4, 0.5) is 0 Å². The Balaban J connectivity index is 2.30. The first-order valence-electron chi connectivity index (χ1n) is 7.00. The van der Waals surface area contributed by atoms with Crippen molar-refractivity contribution in [3.63, 3.8) is 0 Å². The normalized spacial score (nSPS) is 10.9. The van der Waals surface area contributed by atoms with Gasteiger partial charge in [-0.2, -0.15) is 0 Å². The highest BCUT2D eigenvalue weighted by atomic mass is 16.4. The Morgan fingerprint density at radius 3 is 2.62 bits per heavy atom. The largest absolute Gasteiger partial charge is 0.478 e. The van der Waals surface area contributed by atoms with E-state index in [1.54, 1.807) is 12.1 Å². The summed E-state index contributed by atoms with van der Waals surface area (Å²) in [7, 11) is 0. The Morgan fingerprint density at radius 2 is 1.86 bits per heavy atom. The highest BCUT2D eigenvalue weighted by Crippen LogP contribution is 2.27. The molecule has 4 nitrogen and oxygen atoms in total. The van der Waals surface area contributed by atoms with Crippen molar-refractivity contribution in [2.45, 2.75) is 19.9 Å². The minimum Gasteiger partial charge on any atom is -0.478 e. The van der Waals surface area contributed by atoms with E-state index in [1.807, 2.05) is 36.4 Å². The Kier molecular flexibility index (Phi) is 3.44. The SMILES string of the molecule is CCCn1c(-c2ccccc2C(=O)O)nc2ccccc21. The molecule has 4 heteroatoms. The maximum Gasteiger partial charge on any atom is 0.336 e. The van der Waals surface area contributed by atoms with Crippen LogP contribution in [0, 0.1) is 0 Å². The van der Waals surface area contributed by atoms with Crippen molar-refractivity contribution in [2.75, 3.05) is 0 Å². The van der Waals surface area contributed by atoms with E-state index in [2.05, 4.69) is 16.5 Å². The highest BCUT2D eigenvalue weighted by molar-refractivity contribution is 5.96. The number of hydrogen-bond acceptors (Lipinski definition) is 2. The van der Waals surface area contributed by atoms with Gasteiger partial charge in [0.25, 0.3) is 0 Å². The molecule has 3 aromatic rings. The molecule has 1 N–H and O–H groups in total. The molecule has 2 aromatic carbocycles. The quantitative estimate of drug-likeness (QED) is 0.790. The van der Waals surface area contributed by atoms with Crippen molar-refractivity contribution in [1.82, 2.24) is 9.55 Å². The summed E-state index contributed by atoms with van der Waals surface area (Å²) in [6, 6.07) is 14.9. The molecule has 0 aliphatic carbocycles. The van der Waals surface area contributed by atoms with Gasteiger partial charge in [0.2, 0.25) is 0 Å². The van der Waals surface area contributed by atoms with Crippen molar-refractivity contribution in [3.8, 4) is 11.4 Å². The molecule has 0 amide bonds. The van der Waals surface area contributed by atoms with E-state index in [0.717, 1.165) is 29.8 Å². The van der Waals surface area contributed by atoms with Crippen molar-refractivity contribution in [2.24, 2.45) is 0 Å². The second-order valence-electron chi connectivity index (χ2n) is 4.93. The average molecular weight is 280 g/mol. The van der Waals surface area contributed by atoms with Crippen molar-refractivity contribution < 1.29 is 9.90 Å². The molecule has 0 fully saturated rings. The average Bonchev–Trinajstić information content (AvgIpc) is 2.86. The van der Waals surface area contributed by atoms with Gasteiger partial charge in [-0.25, -0.2) is 9.78 Å². The molecular weight excluding hydrogens is 264 g/mol. The van der Waals surface area contributed by atoms with E-state index in [4.69, 9.17) is 0 Å². The fourth-order valence-electron chi connectivity index (χ4n) is 2.60. The summed E-state index contributed by atoms with van der Waals surface area (Å²) in [5.74, 6) is -0.211. The van der Waals surface area contributed by atoms with Gasteiger partial charge < -0.3 is 9.67 Å². The lowest BCUT2D eigenvalue weighted by Gasteiger charge is -2.09. The zero-order valence-electron chi connectivity index (χ0n) is 11.8.